The molecule has 142 valence electrons. The molecule has 0 bridgehead atoms. The Morgan fingerprint density at radius 1 is 1.23 bits per heavy atom. The second kappa shape index (κ2) is 10.2. The molecule has 26 heavy (non-hydrogen) atoms. The van der Waals surface area contributed by atoms with Gasteiger partial charge in [0.15, 0.2) is 0 Å². The molecule has 0 amide bonds. The first kappa shape index (κ1) is 20.3. The maximum Gasteiger partial charge on any atom is 0.212 e. The molecule has 1 aliphatic rings. The number of ether oxygens (including phenoxy) is 1. The highest BCUT2D eigenvalue weighted by molar-refractivity contribution is 14.1. The zero-order chi connectivity index (χ0) is 18.4. The van der Waals surface area contributed by atoms with E-state index < -0.39 is 6.17 Å². The number of nitrogens with zero attached hydrogens (tertiary/aromatic N) is 2. The van der Waals surface area contributed by atoms with Gasteiger partial charge in [-0.1, -0.05) is 40.8 Å². The van der Waals surface area contributed by atoms with Gasteiger partial charge in [-0.25, -0.2) is 9.07 Å². The SMILES string of the molecule is FC1CCC(Cn2nc(CNCI)cc2OCc2ccccc2I)CC1. The van der Waals surface area contributed by atoms with Crippen molar-refractivity contribution in [1.82, 2.24) is 15.1 Å². The number of nitrogens with one attached hydrogen (secondary N) is 1. The van der Waals surface area contributed by atoms with Gasteiger partial charge in [0, 0.05) is 32.8 Å². The van der Waals surface area contributed by atoms with Gasteiger partial charge >= 0.3 is 0 Å². The van der Waals surface area contributed by atoms with E-state index in [0.717, 1.165) is 42.1 Å². The zero-order valence-corrected chi connectivity index (χ0v) is 18.9. The minimum Gasteiger partial charge on any atom is -0.473 e. The summed E-state index contributed by atoms with van der Waals surface area (Å²) in [6.45, 7) is 2.06. The second-order valence-electron chi connectivity index (χ2n) is 6.71. The summed E-state index contributed by atoms with van der Waals surface area (Å²) in [5.74, 6) is 1.28. The number of rotatable bonds is 8. The van der Waals surface area contributed by atoms with Gasteiger partial charge in [-0.05, 0) is 60.3 Å². The van der Waals surface area contributed by atoms with Gasteiger partial charge in [0.25, 0.3) is 0 Å². The molecule has 1 N–H and O–H groups in total. The van der Waals surface area contributed by atoms with E-state index in [2.05, 4.69) is 62.6 Å². The van der Waals surface area contributed by atoms with Crippen molar-refractivity contribution in [3.8, 4) is 5.88 Å². The van der Waals surface area contributed by atoms with Gasteiger partial charge in [0.1, 0.15) is 12.8 Å². The Kier molecular flexibility index (Phi) is 7.98. The smallest absolute Gasteiger partial charge is 0.212 e. The van der Waals surface area contributed by atoms with Crippen LogP contribution in [0.1, 0.15) is 36.9 Å². The van der Waals surface area contributed by atoms with E-state index in [4.69, 9.17) is 9.84 Å². The topological polar surface area (TPSA) is 39.1 Å². The number of hydrogen-bond acceptors (Lipinski definition) is 3. The van der Waals surface area contributed by atoms with Crippen LogP contribution in [0.15, 0.2) is 30.3 Å². The average molecular weight is 583 g/mol. The van der Waals surface area contributed by atoms with Crippen LogP contribution in [0.5, 0.6) is 5.88 Å². The third-order valence-corrected chi connectivity index (χ3v) is 6.33. The highest BCUT2D eigenvalue weighted by atomic mass is 127. The molecule has 3 rings (SSSR count). The first-order valence-electron chi connectivity index (χ1n) is 8.99. The molecular weight excluding hydrogens is 559 g/mol. The molecule has 0 atom stereocenters. The second-order valence-corrected chi connectivity index (χ2v) is 8.64. The minimum absolute atomic E-state index is 0.478. The molecule has 1 aromatic carbocycles. The Balaban J connectivity index is 1.69. The van der Waals surface area contributed by atoms with Gasteiger partial charge in [-0.3, -0.25) is 0 Å². The standard InChI is InChI=1S/C19H24FI2N3O/c20-16-7-5-14(6-8-16)11-25-19(9-17(24-25)10-23-13-21)26-12-15-3-1-2-4-18(15)22/h1-4,9,14,16,23H,5-8,10-13H2. The molecule has 0 aliphatic heterocycles. The van der Waals surface area contributed by atoms with E-state index in [9.17, 15) is 4.39 Å². The highest BCUT2D eigenvalue weighted by Crippen LogP contribution is 2.29. The molecule has 2 aromatic rings. The lowest BCUT2D eigenvalue weighted by molar-refractivity contribution is 0.184. The quantitative estimate of drug-likeness (QED) is 0.268. The zero-order valence-electron chi connectivity index (χ0n) is 14.6. The fraction of sp³-hybridized carbons (Fsp3) is 0.526. The summed E-state index contributed by atoms with van der Waals surface area (Å²) < 4.78 is 23.6. The Morgan fingerprint density at radius 2 is 2.00 bits per heavy atom. The van der Waals surface area contributed by atoms with E-state index >= 15 is 0 Å². The number of hydrogen-bond donors (Lipinski definition) is 1. The van der Waals surface area contributed by atoms with Gasteiger partial charge in [-0.2, -0.15) is 5.10 Å². The lowest BCUT2D eigenvalue weighted by atomic mass is 9.88. The summed E-state index contributed by atoms with van der Waals surface area (Å²) in [7, 11) is 0. The number of benzene rings is 1. The molecule has 1 saturated carbocycles. The maximum absolute atomic E-state index is 13.4. The molecule has 1 aliphatic carbocycles. The summed E-state index contributed by atoms with van der Waals surface area (Å²) in [5, 5.41) is 8.03. The lowest BCUT2D eigenvalue weighted by Crippen LogP contribution is -2.21. The molecule has 1 aromatic heterocycles. The number of halogens is 3. The maximum atomic E-state index is 13.4. The highest BCUT2D eigenvalue weighted by Gasteiger charge is 2.22. The van der Waals surface area contributed by atoms with Crippen LogP contribution in [-0.4, -0.2) is 20.5 Å². The Morgan fingerprint density at radius 3 is 2.73 bits per heavy atom. The van der Waals surface area contributed by atoms with E-state index in [-0.39, 0.29) is 0 Å². The molecular formula is C19H24FI2N3O. The predicted molar refractivity (Wildman–Crippen MR) is 118 cm³/mol. The molecule has 0 saturated heterocycles. The minimum atomic E-state index is -0.622. The van der Waals surface area contributed by atoms with E-state index in [0.29, 0.717) is 25.4 Å². The van der Waals surface area contributed by atoms with Crippen LogP contribution in [0.3, 0.4) is 0 Å². The lowest BCUT2D eigenvalue weighted by Gasteiger charge is -2.24. The van der Waals surface area contributed by atoms with Crippen LogP contribution in [0.2, 0.25) is 0 Å². The van der Waals surface area contributed by atoms with Crippen LogP contribution in [0, 0.1) is 9.49 Å². The normalized spacial score (nSPS) is 20.3. The van der Waals surface area contributed by atoms with Crippen molar-refractivity contribution in [2.75, 3.05) is 4.55 Å². The Labute approximate surface area is 181 Å². The van der Waals surface area contributed by atoms with Gasteiger partial charge in [0.05, 0.1) is 5.69 Å². The molecule has 4 nitrogen and oxygen atoms in total. The predicted octanol–water partition coefficient (Wildman–Crippen LogP) is 5.08. The van der Waals surface area contributed by atoms with Crippen LogP contribution < -0.4 is 10.1 Å². The third kappa shape index (κ3) is 5.79. The molecule has 0 unspecified atom stereocenters. The van der Waals surface area contributed by atoms with Crippen molar-refractivity contribution in [2.45, 2.75) is 51.6 Å². The van der Waals surface area contributed by atoms with Crippen molar-refractivity contribution in [3.05, 3.63) is 45.2 Å². The molecule has 1 fully saturated rings. The van der Waals surface area contributed by atoms with Crippen molar-refractivity contribution in [3.63, 3.8) is 0 Å². The van der Waals surface area contributed by atoms with E-state index in [1.165, 1.54) is 9.13 Å². The first-order valence-corrected chi connectivity index (χ1v) is 11.6. The van der Waals surface area contributed by atoms with Crippen LogP contribution in [-0.2, 0) is 19.7 Å². The fourth-order valence-corrected chi connectivity index (χ4v) is 4.09. The Bertz CT molecular complexity index is 702. The molecule has 7 heteroatoms. The van der Waals surface area contributed by atoms with Crippen LogP contribution in [0.4, 0.5) is 4.39 Å². The van der Waals surface area contributed by atoms with Crippen molar-refractivity contribution in [2.24, 2.45) is 5.92 Å². The number of alkyl halides is 2. The van der Waals surface area contributed by atoms with Gasteiger partial charge in [-0.15, -0.1) is 0 Å². The summed E-state index contributed by atoms with van der Waals surface area (Å²) in [4.78, 5) is 0. The van der Waals surface area contributed by atoms with Gasteiger partial charge in [0.2, 0.25) is 5.88 Å². The summed E-state index contributed by atoms with van der Waals surface area (Å²) in [6, 6.07) is 10.3. The summed E-state index contributed by atoms with van der Waals surface area (Å²) in [6.07, 6.45) is 2.58. The summed E-state index contributed by atoms with van der Waals surface area (Å²) in [5.41, 5.74) is 2.16. The fourth-order valence-electron chi connectivity index (χ4n) is 3.27. The van der Waals surface area contributed by atoms with Gasteiger partial charge < -0.3 is 10.1 Å². The van der Waals surface area contributed by atoms with E-state index in [1.54, 1.807) is 0 Å². The summed E-state index contributed by atoms with van der Waals surface area (Å²) >= 11 is 4.62. The van der Waals surface area contributed by atoms with E-state index in [1.807, 2.05) is 22.9 Å². The van der Waals surface area contributed by atoms with Crippen LogP contribution in [0.25, 0.3) is 0 Å². The number of aromatic nitrogens is 2. The largest absolute Gasteiger partial charge is 0.473 e. The Hall–Kier alpha value is -0.420. The van der Waals surface area contributed by atoms with Crippen LogP contribution >= 0.6 is 45.2 Å². The third-order valence-electron chi connectivity index (χ3n) is 4.74. The van der Waals surface area contributed by atoms with Crippen molar-refractivity contribution < 1.29 is 9.13 Å². The molecule has 0 radical (unpaired) electrons. The first-order chi connectivity index (χ1) is 12.7. The molecule has 0 spiro atoms. The monoisotopic (exact) mass is 583 g/mol. The van der Waals surface area contributed by atoms with Crippen molar-refractivity contribution >= 4 is 45.2 Å². The average Bonchev–Trinajstić information content (AvgIpc) is 3.03. The van der Waals surface area contributed by atoms with Crippen molar-refractivity contribution in [1.29, 1.82) is 0 Å². The molecule has 1 heterocycles.